The summed E-state index contributed by atoms with van der Waals surface area (Å²) in [5, 5.41) is 1.09. The van der Waals surface area contributed by atoms with Gasteiger partial charge in [-0.1, -0.05) is 54.6 Å². The molecule has 4 aliphatic rings. The highest BCUT2D eigenvalue weighted by Gasteiger charge is 2.41. The van der Waals surface area contributed by atoms with E-state index < -0.39 is 0 Å². The molecule has 0 fully saturated rings. The van der Waals surface area contributed by atoms with Gasteiger partial charge >= 0.3 is 0 Å². The largest absolute Gasteiger partial charge is 0.464 e. The van der Waals surface area contributed by atoms with E-state index in [4.69, 9.17) is 18.6 Å². The fourth-order valence-electron chi connectivity index (χ4n) is 7.46. The number of furan rings is 1. The maximum absolute atomic E-state index is 6.69. The molecule has 0 spiro atoms. The second-order valence-electron chi connectivity index (χ2n) is 11.9. The highest BCUT2D eigenvalue weighted by molar-refractivity contribution is 6.98. The maximum Gasteiger partial charge on any atom is 0.260 e. The molecular formula is C38H26BNO4. The van der Waals surface area contributed by atoms with Crippen molar-refractivity contribution in [3.05, 3.63) is 121 Å². The van der Waals surface area contributed by atoms with Gasteiger partial charge in [-0.05, 0) is 78.2 Å². The van der Waals surface area contributed by atoms with Gasteiger partial charge in [0.25, 0.3) is 6.71 Å². The quantitative estimate of drug-likeness (QED) is 0.196. The van der Waals surface area contributed by atoms with Gasteiger partial charge in [0.2, 0.25) is 0 Å². The van der Waals surface area contributed by atoms with Crippen molar-refractivity contribution >= 4 is 45.4 Å². The van der Waals surface area contributed by atoms with Crippen LogP contribution in [0.25, 0.3) is 22.1 Å². The molecule has 0 atom stereocenters. The maximum atomic E-state index is 6.69. The van der Waals surface area contributed by atoms with E-state index in [2.05, 4.69) is 83.8 Å². The number of allylic oxidation sites excluding steroid dienone is 2. The molecular weight excluding hydrogens is 545 g/mol. The smallest absolute Gasteiger partial charge is 0.260 e. The van der Waals surface area contributed by atoms with Crippen molar-refractivity contribution in [2.24, 2.45) is 0 Å². The Morgan fingerprint density at radius 2 is 1.45 bits per heavy atom. The zero-order chi connectivity index (χ0) is 28.8. The number of rotatable bonds is 2. The lowest BCUT2D eigenvalue weighted by atomic mass is 9.34. The van der Waals surface area contributed by atoms with E-state index in [1.165, 1.54) is 5.70 Å². The zero-order valence-corrected chi connectivity index (χ0v) is 23.9. The van der Waals surface area contributed by atoms with Gasteiger partial charge in [0, 0.05) is 34.6 Å². The van der Waals surface area contributed by atoms with Gasteiger partial charge < -0.3 is 23.5 Å². The second kappa shape index (κ2) is 9.07. The lowest BCUT2D eigenvalue weighted by Gasteiger charge is -2.38. The predicted molar refractivity (Wildman–Crippen MR) is 174 cm³/mol. The van der Waals surface area contributed by atoms with Gasteiger partial charge in [-0.2, -0.15) is 0 Å². The van der Waals surface area contributed by atoms with Gasteiger partial charge in [-0.15, -0.1) is 0 Å². The van der Waals surface area contributed by atoms with Crippen LogP contribution in [0.4, 0.5) is 11.4 Å². The fourth-order valence-corrected chi connectivity index (χ4v) is 7.46. The third kappa shape index (κ3) is 3.42. The highest BCUT2D eigenvalue weighted by atomic mass is 16.5. The van der Waals surface area contributed by atoms with Crippen LogP contribution < -0.4 is 35.5 Å². The topological polar surface area (TPSA) is 44.1 Å². The summed E-state index contributed by atoms with van der Waals surface area (Å²) in [6.45, 7) is -0.0278. The van der Waals surface area contributed by atoms with E-state index in [-0.39, 0.29) is 6.71 Å². The minimum Gasteiger partial charge on any atom is -0.464 e. The van der Waals surface area contributed by atoms with Crippen LogP contribution >= 0.6 is 0 Å². The summed E-state index contributed by atoms with van der Waals surface area (Å²) in [7, 11) is 0. The number of benzene rings is 5. The molecule has 0 saturated carbocycles. The average Bonchev–Trinajstić information content (AvgIpc) is 3.56. The molecule has 6 heteroatoms. The van der Waals surface area contributed by atoms with Crippen molar-refractivity contribution in [3.8, 4) is 39.9 Å². The lowest BCUT2D eigenvalue weighted by Crippen LogP contribution is -2.57. The van der Waals surface area contributed by atoms with Crippen molar-refractivity contribution < 1.29 is 18.6 Å². The van der Waals surface area contributed by atoms with Crippen molar-refractivity contribution in [1.82, 2.24) is 0 Å². The molecule has 3 aliphatic heterocycles. The van der Waals surface area contributed by atoms with Crippen molar-refractivity contribution in [3.63, 3.8) is 0 Å². The van der Waals surface area contributed by atoms with Gasteiger partial charge in [0.15, 0.2) is 5.75 Å². The molecule has 6 aromatic rings. The number of hydrogen-bond acceptors (Lipinski definition) is 5. The zero-order valence-electron chi connectivity index (χ0n) is 23.9. The predicted octanol–water partition coefficient (Wildman–Crippen LogP) is 8.14. The van der Waals surface area contributed by atoms with E-state index in [9.17, 15) is 0 Å². The van der Waals surface area contributed by atoms with Crippen LogP contribution in [0.5, 0.6) is 28.7 Å². The summed E-state index contributed by atoms with van der Waals surface area (Å²) in [6.07, 6.45) is 6.02. The van der Waals surface area contributed by atoms with Gasteiger partial charge in [0.1, 0.15) is 34.3 Å². The number of nitrogens with zero attached hydrogens (tertiary/aromatic N) is 1. The van der Waals surface area contributed by atoms with E-state index in [0.29, 0.717) is 0 Å². The Balaban J connectivity index is 1.14. The molecule has 0 saturated heterocycles. The number of fused-ring (bicyclic) bond motifs is 6. The number of anilines is 2. The molecule has 0 radical (unpaired) electrons. The first-order valence-corrected chi connectivity index (χ1v) is 15.3. The Kier molecular flexibility index (Phi) is 4.97. The first-order valence-electron chi connectivity index (χ1n) is 15.3. The van der Waals surface area contributed by atoms with Gasteiger partial charge in [-0.25, -0.2) is 0 Å². The van der Waals surface area contributed by atoms with E-state index in [1.807, 2.05) is 24.3 Å². The Labute approximate surface area is 255 Å². The van der Waals surface area contributed by atoms with Gasteiger partial charge in [-0.3, -0.25) is 0 Å². The first kappa shape index (κ1) is 24.1. The Bertz CT molecular complexity index is 2200. The van der Waals surface area contributed by atoms with E-state index in [0.717, 1.165) is 110 Å². The summed E-state index contributed by atoms with van der Waals surface area (Å²) in [5.74, 6) is 5.40. The summed E-state index contributed by atoms with van der Waals surface area (Å²) >= 11 is 0. The normalized spacial score (nSPS) is 15.7. The van der Waals surface area contributed by atoms with Crippen LogP contribution in [0.15, 0.2) is 125 Å². The van der Waals surface area contributed by atoms with Crippen molar-refractivity contribution in [2.75, 3.05) is 4.90 Å². The third-order valence-corrected chi connectivity index (χ3v) is 9.43. The first-order chi connectivity index (χ1) is 21.8. The molecule has 0 amide bonds. The van der Waals surface area contributed by atoms with Gasteiger partial charge in [0.05, 0.1) is 17.6 Å². The van der Waals surface area contributed by atoms with E-state index in [1.54, 1.807) is 6.26 Å². The highest BCUT2D eigenvalue weighted by Crippen LogP contribution is 2.47. The number of hydrogen-bond donors (Lipinski definition) is 0. The molecule has 0 bridgehead atoms. The van der Waals surface area contributed by atoms with Crippen LogP contribution in [0.1, 0.15) is 25.7 Å². The summed E-state index contributed by atoms with van der Waals surface area (Å²) in [5.41, 5.74) is 9.79. The molecule has 210 valence electrons. The molecule has 1 aromatic heterocycles. The fraction of sp³-hybridized carbons (Fsp3) is 0.105. The average molecular weight is 571 g/mol. The number of ether oxygens (including phenoxy) is 3. The standard InChI is InChI=1S/C38H26BNO4/c1-3-11-32-29(9-1)40(30-10-2-4-12-33(30)43-32)25-16-17-27-36(22-25)44-35-14-6-13-34-37(35)39(27)28-21-24(15-18-31(28)42-34)26-8-5-7-23-19-20-41-38(23)26/h1,3,5-9,11,13-22H,2,4,10,12H2. The molecule has 5 nitrogen and oxygen atoms in total. The molecule has 1 aliphatic carbocycles. The Morgan fingerprint density at radius 3 is 2.41 bits per heavy atom. The third-order valence-electron chi connectivity index (χ3n) is 9.43. The molecule has 0 unspecified atom stereocenters. The monoisotopic (exact) mass is 571 g/mol. The molecule has 4 heterocycles. The molecule has 0 N–H and O–H groups in total. The number of para-hydroxylation sites is 3. The summed E-state index contributed by atoms with van der Waals surface area (Å²) < 4.78 is 25.5. The minimum atomic E-state index is -0.0278. The molecule has 10 rings (SSSR count). The van der Waals surface area contributed by atoms with Crippen LogP contribution in [0.3, 0.4) is 0 Å². The van der Waals surface area contributed by atoms with E-state index >= 15 is 0 Å². The van der Waals surface area contributed by atoms with Crippen molar-refractivity contribution in [2.45, 2.75) is 25.7 Å². The summed E-state index contributed by atoms with van der Waals surface area (Å²) in [4.78, 5) is 2.38. The summed E-state index contributed by atoms with van der Waals surface area (Å²) in [6, 6.07) is 35.9. The van der Waals surface area contributed by atoms with Crippen molar-refractivity contribution in [1.29, 1.82) is 0 Å². The molecule has 5 aromatic carbocycles. The lowest BCUT2D eigenvalue weighted by molar-refractivity contribution is 0.363. The second-order valence-corrected chi connectivity index (χ2v) is 11.9. The Hall–Kier alpha value is -5.36. The minimum absolute atomic E-state index is 0.0278. The van der Waals surface area contributed by atoms with Crippen LogP contribution in [0, 0.1) is 0 Å². The van der Waals surface area contributed by atoms with Crippen LogP contribution in [0.2, 0.25) is 0 Å². The van der Waals surface area contributed by atoms with Crippen LogP contribution in [-0.4, -0.2) is 6.71 Å². The Morgan fingerprint density at radius 1 is 0.614 bits per heavy atom. The SMILES string of the molecule is c1ccc2c(c1)OC1=C(CCCC1)N2c1ccc2c(c1)Oc1cccc3c1B2c1cc(-c2cccc4ccoc24)ccc1O3. The van der Waals surface area contributed by atoms with Crippen LogP contribution in [-0.2, 0) is 0 Å². The molecule has 44 heavy (non-hydrogen) atoms.